The summed E-state index contributed by atoms with van der Waals surface area (Å²) in [5, 5.41) is 20.9. The van der Waals surface area contributed by atoms with Crippen molar-refractivity contribution < 1.29 is 10.0 Å². The first-order valence-corrected chi connectivity index (χ1v) is 6.68. The summed E-state index contributed by atoms with van der Waals surface area (Å²) in [5.74, 6) is 0.275. The van der Waals surface area contributed by atoms with Gasteiger partial charge in [-0.3, -0.25) is 15.0 Å². The lowest BCUT2D eigenvalue weighted by Gasteiger charge is -2.17. The molecule has 0 aromatic heterocycles. The van der Waals surface area contributed by atoms with E-state index in [1.807, 2.05) is 0 Å². The molecule has 1 heterocycles. The Morgan fingerprint density at radius 1 is 1.63 bits per heavy atom. The topological polar surface area (TPSA) is 66.6 Å². The molecule has 0 amide bonds. The Morgan fingerprint density at radius 3 is 2.95 bits per heavy atom. The van der Waals surface area contributed by atoms with Crippen LogP contribution in [0.2, 0.25) is 5.02 Å². The Labute approximate surface area is 116 Å². The number of non-ortho nitro benzene ring substituents is 1. The van der Waals surface area contributed by atoms with Gasteiger partial charge in [0.15, 0.2) is 0 Å². The molecule has 2 unspecified atom stereocenters. The second-order valence-electron chi connectivity index (χ2n) is 5.06. The molecule has 1 N–H and O–H groups in total. The Hall–Kier alpha value is -1.17. The van der Waals surface area contributed by atoms with Crippen LogP contribution in [-0.4, -0.2) is 34.1 Å². The number of nitro groups is 1. The van der Waals surface area contributed by atoms with Gasteiger partial charge in [0, 0.05) is 30.2 Å². The van der Waals surface area contributed by atoms with Crippen molar-refractivity contribution in [2.24, 2.45) is 5.92 Å². The van der Waals surface area contributed by atoms with Crippen LogP contribution in [0.15, 0.2) is 18.2 Å². The van der Waals surface area contributed by atoms with E-state index in [1.54, 1.807) is 13.0 Å². The molecule has 0 saturated carbocycles. The molecular weight excluding hydrogens is 268 g/mol. The van der Waals surface area contributed by atoms with Crippen LogP contribution in [-0.2, 0) is 6.54 Å². The molecule has 0 radical (unpaired) electrons. The molecule has 1 aromatic carbocycles. The number of nitrogens with zero attached hydrogens (tertiary/aromatic N) is 2. The molecule has 1 saturated heterocycles. The van der Waals surface area contributed by atoms with E-state index in [2.05, 4.69) is 4.90 Å². The van der Waals surface area contributed by atoms with Crippen molar-refractivity contribution in [3.05, 3.63) is 38.9 Å². The van der Waals surface area contributed by atoms with Crippen molar-refractivity contribution in [1.82, 2.24) is 4.90 Å². The molecular formula is C13H17ClN2O3. The summed E-state index contributed by atoms with van der Waals surface area (Å²) >= 11 is 6.08. The second-order valence-corrected chi connectivity index (χ2v) is 5.46. The van der Waals surface area contributed by atoms with E-state index in [0.29, 0.717) is 11.6 Å². The van der Waals surface area contributed by atoms with Gasteiger partial charge in [0.1, 0.15) is 0 Å². The van der Waals surface area contributed by atoms with Crippen LogP contribution >= 0.6 is 11.6 Å². The Balaban J connectivity index is 2.07. The molecule has 0 bridgehead atoms. The number of likely N-dealkylation sites (tertiary alicyclic amines) is 1. The van der Waals surface area contributed by atoms with E-state index < -0.39 is 4.92 Å². The molecule has 2 rings (SSSR count). The molecule has 5 nitrogen and oxygen atoms in total. The fourth-order valence-electron chi connectivity index (χ4n) is 2.44. The first kappa shape index (κ1) is 14.2. The zero-order chi connectivity index (χ0) is 14.0. The van der Waals surface area contributed by atoms with Gasteiger partial charge in [0.2, 0.25) is 0 Å². The van der Waals surface area contributed by atoms with Crippen LogP contribution in [0.1, 0.15) is 18.9 Å². The van der Waals surface area contributed by atoms with Crippen molar-refractivity contribution in [3.63, 3.8) is 0 Å². The zero-order valence-electron chi connectivity index (χ0n) is 10.8. The minimum atomic E-state index is -0.414. The van der Waals surface area contributed by atoms with Gasteiger partial charge < -0.3 is 5.11 Å². The summed E-state index contributed by atoms with van der Waals surface area (Å²) in [6.07, 6.45) is 0.634. The predicted octanol–water partition coefficient (Wildman–Crippen LogP) is 2.45. The van der Waals surface area contributed by atoms with Gasteiger partial charge in [0.25, 0.3) is 5.69 Å². The van der Waals surface area contributed by atoms with E-state index >= 15 is 0 Å². The van der Waals surface area contributed by atoms with Crippen molar-refractivity contribution in [1.29, 1.82) is 0 Å². The van der Waals surface area contributed by atoms with Crippen LogP contribution in [0.25, 0.3) is 0 Å². The highest BCUT2D eigenvalue weighted by molar-refractivity contribution is 6.31. The summed E-state index contributed by atoms with van der Waals surface area (Å²) in [6, 6.07) is 4.50. The third-order valence-corrected chi connectivity index (χ3v) is 3.99. The molecule has 1 aliphatic heterocycles. The fourth-order valence-corrected chi connectivity index (χ4v) is 2.61. The highest BCUT2D eigenvalue weighted by atomic mass is 35.5. The molecule has 0 spiro atoms. The number of benzene rings is 1. The normalized spacial score (nSPS) is 21.5. The zero-order valence-corrected chi connectivity index (χ0v) is 11.5. The van der Waals surface area contributed by atoms with Crippen LogP contribution in [0.3, 0.4) is 0 Å². The van der Waals surface area contributed by atoms with Gasteiger partial charge in [-0.1, -0.05) is 11.6 Å². The molecule has 6 heteroatoms. The van der Waals surface area contributed by atoms with Gasteiger partial charge >= 0.3 is 0 Å². The average Bonchev–Trinajstić information content (AvgIpc) is 2.80. The number of aliphatic hydroxyl groups excluding tert-OH is 1. The highest BCUT2D eigenvalue weighted by Crippen LogP contribution is 2.26. The van der Waals surface area contributed by atoms with E-state index in [4.69, 9.17) is 11.6 Å². The van der Waals surface area contributed by atoms with Gasteiger partial charge in [-0.05, 0) is 37.4 Å². The van der Waals surface area contributed by atoms with Crippen LogP contribution < -0.4 is 0 Å². The monoisotopic (exact) mass is 284 g/mol. The number of rotatable bonds is 4. The van der Waals surface area contributed by atoms with Crippen molar-refractivity contribution in [3.8, 4) is 0 Å². The first-order chi connectivity index (χ1) is 8.97. The second kappa shape index (κ2) is 5.86. The van der Waals surface area contributed by atoms with Crippen molar-refractivity contribution in [2.45, 2.75) is 26.0 Å². The third-order valence-electron chi connectivity index (χ3n) is 3.63. The molecule has 0 aliphatic carbocycles. The van der Waals surface area contributed by atoms with Gasteiger partial charge in [-0.15, -0.1) is 0 Å². The van der Waals surface area contributed by atoms with E-state index in [9.17, 15) is 15.2 Å². The number of halogens is 1. The maximum Gasteiger partial charge on any atom is 0.269 e. The first-order valence-electron chi connectivity index (χ1n) is 6.30. The minimum absolute atomic E-state index is 0.0608. The highest BCUT2D eigenvalue weighted by Gasteiger charge is 2.26. The summed E-state index contributed by atoms with van der Waals surface area (Å²) in [6.45, 7) is 4.07. The number of hydrogen-bond acceptors (Lipinski definition) is 4. The lowest BCUT2D eigenvalue weighted by molar-refractivity contribution is -0.384. The van der Waals surface area contributed by atoms with Gasteiger partial charge in [-0.2, -0.15) is 0 Å². The summed E-state index contributed by atoms with van der Waals surface area (Å²) < 4.78 is 0. The number of nitro benzene ring substituents is 1. The summed E-state index contributed by atoms with van der Waals surface area (Å²) in [7, 11) is 0. The SMILES string of the molecule is CC(O)C1CCN(Cc2cc([N+](=O)[O-])ccc2Cl)C1. The standard InChI is InChI=1S/C13H17ClN2O3/c1-9(17)10-4-5-15(7-10)8-11-6-12(16(18)19)2-3-13(11)14/h2-3,6,9-10,17H,4-5,7-8H2,1H3. The third kappa shape index (κ3) is 3.43. The van der Waals surface area contributed by atoms with Crippen molar-refractivity contribution >= 4 is 17.3 Å². The van der Waals surface area contributed by atoms with E-state index in [-0.39, 0.29) is 17.7 Å². The molecule has 1 aliphatic rings. The van der Waals surface area contributed by atoms with Crippen LogP contribution in [0.5, 0.6) is 0 Å². The Bertz CT molecular complexity index is 479. The summed E-state index contributed by atoms with van der Waals surface area (Å²) in [4.78, 5) is 12.5. The van der Waals surface area contributed by atoms with E-state index in [1.165, 1.54) is 12.1 Å². The summed E-state index contributed by atoms with van der Waals surface area (Å²) in [5.41, 5.74) is 0.827. The maximum absolute atomic E-state index is 10.8. The van der Waals surface area contributed by atoms with Crippen LogP contribution in [0.4, 0.5) is 5.69 Å². The molecule has 104 valence electrons. The molecule has 1 fully saturated rings. The van der Waals surface area contributed by atoms with Crippen molar-refractivity contribution in [2.75, 3.05) is 13.1 Å². The molecule has 19 heavy (non-hydrogen) atoms. The van der Waals surface area contributed by atoms with Crippen LogP contribution in [0, 0.1) is 16.0 Å². The minimum Gasteiger partial charge on any atom is -0.393 e. The molecule has 1 aromatic rings. The quantitative estimate of drug-likeness (QED) is 0.681. The largest absolute Gasteiger partial charge is 0.393 e. The predicted molar refractivity (Wildman–Crippen MR) is 73.2 cm³/mol. The number of hydrogen-bond donors (Lipinski definition) is 1. The lowest BCUT2D eigenvalue weighted by Crippen LogP contribution is -2.24. The van der Waals surface area contributed by atoms with Gasteiger partial charge in [-0.25, -0.2) is 0 Å². The lowest BCUT2D eigenvalue weighted by atomic mass is 10.0. The maximum atomic E-state index is 10.8. The van der Waals surface area contributed by atoms with Gasteiger partial charge in [0.05, 0.1) is 11.0 Å². The molecule has 2 atom stereocenters. The Kier molecular flexibility index (Phi) is 4.39. The fraction of sp³-hybridized carbons (Fsp3) is 0.538. The smallest absolute Gasteiger partial charge is 0.269 e. The average molecular weight is 285 g/mol. The Morgan fingerprint density at radius 2 is 2.37 bits per heavy atom. The number of aliphatic hydroxyl groups is 1. The van der Waals surface area contributed by atoms with E-state index in [0.717, 1.165) is 25.1 Å².